The number of rotatable bonds is 3. The number of aliphatic hydroxyl groups is 3. The minimum atomic E-state index is -0.957. The minimum absolute atomic E-state index is 0.00817. The van der Waals surface area contributed by atoms with Gasteiger partial charge in [-0.15, -0.1) is 0 Å². The van der Waals surface area contributed by atoms with E-state index in [4.69, 9.17) is 5.73 Å². The van der Waals surface area contributed by atoms with E-state index in [-0.39, 0.29) is 18.4 Å². The van der Waals surface area contributed by atoms with Crippen LogP contribution < -0.4 is 5.73 Å². The molecule has 118 valence electrons. The summed E-state index contributed by atoms with van der Waals surface area (Å²) in [6, 6.07) is 0. The van der Waals surface area contributed by atoms with Gasteiger partial charge in [-0.25, -0.2) is 15.0 Å². The highest BCUT2D eigenvalue weighted by molar-refractivity contribution is 7.98. The third kappa shape index (κ3) is 1.56. The maximum Gasteiger partial charge on any atom is 0.191 e. The lowest BCUT2D eigenvalue weighted by molar-refractivity contribution is -0.0272. The van der Waals surface area contributed by atoms with Crippen LogP contribution in [-0.4, -0.2) is 59.9 Å². The molecule has 9 heteroatoms. The van der Waals surface area contributed by atoms with Crippen molar-refractivity contribution >= 4 is 28.7 Å². The summed E-state index contributed by atoms with van der Waals surface area (Å²) in [4.78, 5) is 12.9. The number of aliphatic hydroxyl groups excluding tert-OH is 3. The molecule has 0 amide bonds. The molecule has 0 unspecified atom stereocenters. The van der Waals surface area contributed by atoms with E-state index < -0.39 is 17.7 Å². The Morgan fingerprint density at radius 3 is 2.86 bits per heavy atom. The number of nitrogen functional groups attached to an aromatic ring is 1. The Bertz CT molecular complexity index is 753. The number of hydrogen-bond donors (Lipinski definition) is 4. The number of hydrogen-bond acceptors (Lipinski definition) is 8. The molecule has 5 atom stereocenters. The molecule has 2 aromatic rings. The fraction of sp³-hybridized carbons (Fsp3) is 0.615. The second-order valence-corrected chi connectivity index (χ2v) is 6.74. The van der Waals surface area contributed by atoms with E-state index in [0.29, 0.717) is 28.6 Å². The Kier molecular flexibility index (Phi) is 2.93. The monoisotopic (exact) mass is 323 g/mol. The van der Waals surface area contributed by atoms with Crippen molar-refractivity contribution in [2.45, 2.75) is 29.3 Å². The molecule has 2 heterocycles. The lowest BCUT2D eigenvalue weighted by atomic mass is 10.0. The summed E-state index contributed by atoms with van der Waals surface area (Å²) in [5, 5.41) is 30.6. The van der Waals surface area contributed by atoms with Crippen LogP contribution in [0, 0.1) is 11.8 Å². The van der Waals surface area contributed by atoms with Crippen LogP contribution in [0.15, 0.2) is 11.5 Å². The third-order valence-corrected chi connectivity index (χ3v) is 5.61. The van der Waals surface area contributed by atoms with Crippen molar-refractivity contribution in [3.63, 3.8) is 0 Å². The van der Waals surface area contributed by atoms with Gasteiger partial charge in [0.05, 0.1) is 18.0 Å². The molecular weight excluding hydrogens is 306 g/mol. The molecule has 8 nitrogen and oxygen atoms in total. The Balaban J connectivity index is 1.88. The number of nitrogens with zero attached hydrogens (tertiary/aromatic N) is 4. The van der Waals surface area contributed by atoms with Crippen LogP contribution in [0.25, 0.3) is 11.2 Å². The Morgan fingerprint density at radius 1 is 1.45 bits per heavy atom. The van der Waals surface area contributed by atoms with Crippen LogP contribution in [0.2, 0.25) is 0 Å². The average Bonchev–Trinajstić information content (AvgIpc) is 3.01. The van der Waals surface area contributed by atoms with Gasteiger partial charge in [-0.05, 0) is 18.6 Å². The largest absolute Gasteiger partial charge is 0.396 e. The molecule has 2 aliphatic carbocycles. The number of fused-ring (bicyclic) bond motifs is 2. The van der Waals surface area contributed by atoms with Crippen molar-refractivity contribution in [3.8, 4) is 0 Å². The molecule has 0 spiro atoms. The van der Waals surface area contributed by atoms with E-state index in [1.165, 1.54) is 11.8 Å². The number of aromatic nitrogens is 4. The first-order valence-corrected chi connectivity index (χ1v) is 8.29. The standard InChI is InChI=1S/C13H17N5O3S/c1-22-12-16-10(14)7-11(17-12)18(4-15-7)13-2-6(13)5(3-19)8(20)9(13)21/h4-6,8-9,19-21H,2-3H2,1H3,(H2,14,16,17)/t5-,6-,8+,9+,13+/m0/s1. The first kappa shape index (κ1) is 14.2. The summed E-state index contributed by atoms with van der Waals surface area (Å²) in [6.45, 7) is -0.148. The van der Waals surface area contributed by atoms with Crippen molar-refractivity contribution in [1.82, 2.24) is 19.5 Å². The highest BCUT2D eigenvalue weighted by Crippen LogP contribution is 2.64. The van der Waals surface area contributed by atoms with Crippen LogP contribution in [0.3, 0.4) is 0 Å². The molecule has 2 aromatic heterocycles. The SMILES string of the molecule is CSc1nc(N)c2ncn([C@]34C[C@H]3[C@H](CO)[C@@H](O)[C@H]4O)c2n1. The normalized spacial score (nSPS) is 36.7. The molecule has 0 aliphatic heterocycles. The molecule has 2 saturated carbocycles. The second kappa shape index (κ2) is 4.54. The van der Waals surface area contributed by atoms with Crippen molar-refractivity contribution in [2.24, 2.45) is 11.8 Å². The molecule has 0 aromatic carbocycles. The van der Waals surface area contributed by atoms with Crippen LogP contribution in [0.5, 0.6) is 0 Å². The van der Waals surface area contributed by atoms with E-state index in [1.54, 1.807) is 10.9 Å². The predicted molar refractivity (Wildman–Crippen MR) is 80.2 cm³/mol. The lowest BCUT2D eigenvalue weighted by Gasteiger charge is -2.24. The van der Waals surface area contributed by atoms with E-state index in [2.05, 4.69) is 15.0 Å². The first-order chi connectivity index (χ1) is 10.5. The Morgan fingerprint density at radius 2 is 2.23 bits per heavy atom. The van der Waals surface area contributed by atoms with Gasteiger partial charge in [0, 0.05) is 12.5 Å². The highest BCUT2D eigenvalue weighted by Gasteiger charge is 2.72. The van der Waals surface area contributed by atoms with Crippen molar-refractivity contribution < 1.29 is 15.3 Å². The Hall–Kier alpha value is -1.42. The van der Waals surface area contributed by atoms with Crippen molar-refractivity contribution in [3.05, 3.63) is 6.33 Å². The maximum absolute atomic E-state index is 10.5. The van der Waals surface area contributed by atoms with Crippen LogP contribution >= 0.6 is 11.8 Å². The summed E-state index contributed by atoms with van der Waals surface area (Å²) < 4.78 is 1.80. The first-order valence-electron chi connectivity index (χ1n) is 7.06. The van der Waals surface area contributed by atoms with Gasteiger partial charge in [0.25, 0.3) is 0 Å². The van der Waals surface area contributed by atoms with E-state index >= 15 is 0 Å². The van der Waals surface area contributed by atoms with Gasteiger partial charge in [0.1, 0.15) is 11.6 Å². The van der Waals surface area contributed by atoms with Gasteiger partial charge in [-0.2, -0.15) is 0 Å². The molecular formula is C13H17N5O3S. The summed E-state index contributed by atoms with van der Waals surface area (Å²) in [5.74, 6) is -0.0195. The average molecular weight is 323 g/mol. The van der Waals surface area contributed by atoms with Gasteiger partial charge in [-0.1, -0.05) is 11.8 Å². The van der Waals surface area contributed by atoms with Crippen LogP contribution in [0.4, 0.5) is 5.82 Å². The zero-order chi connectivity index (χ0) is 15.6. The van der Waals surface area contributed by atoms with E-state index in [0.717, 1.165) is 0 Å². The van der Waals surface area contributed by atoms with Gasteiger partial charge in [-0.3, -0.25) is 0 Å². The maximum atomic E-state index is 10.5. The number of nitrogens with two attached hydrogens (primary N) is 1. The topological polar surface area (TPSA) is 130 Å². The summed E-state index contributed by atoms with van der Waals surface area (Å²) in [7, 11) is 0. The third-order valence-electron chi connectivity index (χ3n) is 5.06. The zero-order valence-corrected chi connectivity index (χ0v) is 12.7. The van der Waals surface area contributed by atoms with Gasteiger partial charge < -0.3 is 25.6 Å². The van der Waals surface area contributed by atoms with Crippen molar-refractivity contribution in [1.29, 1.82) is 0 Å². The number of anilines is 1. The van der Waals surface area contributed by atoms with E-state index in [9.17, 15) is 15.3 Å². The minimum Gasteiger partial charge on any atom is -0.396 e. The van der Waals surface area contributed by atoms with Gasteiger partial charge in [0.15, 0.2) is 16.6 Å². The fourth-order valence-electron chi connectivity index (χ4n) is 3.88. The number of thioether (sulfide) groups is 1. The molecule has 5 N–H and O–H groups in total. The lowest BCUT2D eigenvalue weighted by Crippen LogP contribution is -2.38. The van der Waals surface area contributed by atoms with Gasteiger partial charge in [0.2, 0.25) is 0 Å². The molecule has 2 fully saturated rings. The zero-order valence-electron chi connectivity index (χ0n) is 11.9. The Labute approximate surface area is 130 Å². The molecule has 0 saturated heterocycles. The van der Waals surface area contributed by atoms with Crippen LogP contribution in [0.1, 0.15) is 6.42 Å². The summed E-state index contributed by atoms with van der Waals surface area (Å²) >= 11 is 1.38. The molecule has 22 heavy (non-hydrogen) atoms. The summed E-state index contributed by atoms with van der Waals surface area (Å²) in [6.07, 6.45) is 2.23. The highest BCUT2D eigenvalue weighted by atomic mass is 32.2. The van der Waals surface area contributed by atoms with Crippen LogP contribution in [-0.2, 0) is 5.54 Å². The molecule has 2 aliphatic rings. The smallest absolute Gasteiger partial charge is 0.191 e. The van der Waals surface area contributed by atoms with E-state index in [1.807, 2.05) is 6.26 Å². The molecule has 4 rings (SSSR count). The van der Waals surface area contributed by atoms with Crippen molar-refractivity contribution in [2.75, 3.05) is 18.6 Å². The fourth-order valence-corrected chi connectivity index (χ4v) is 4.24. The molecule has 0 radical (unpaired) electrons. The summed E-state index contributed by atoms with van der Waals surface area (Å²) in [5.41, 5.74) is 6.32. The number of imidazole rings is 1. The predicted octanol–water partition coefficient (Wildman–Crippen LogP) is -0.811. The molecule has 0 bridgehead atoms. The van der Waals surface area contributed by atoms with Gasteiger partial charge >= 0.3 is 0 Å². The quantitative estimate of drug-likeness (QED) is 0.426. The second-order valence-electron chi connectivity index (χ2n) is 5.97.